The van der Waals surface area contributed by atoms with Crippen molar-refractivity contribution in [3.63, 3.8) is 0 Å². The minimum absolute atomic E-state index is 0.0795. The third-order valence-electron chi connectivity index (χ3n) is 6.95. The molecule has 3 aliphatic heterocycles. The third-order valence-corrected chi connectivity index (χ3v) is 6.95. The number of anilines is 1. The number of hydrogen-bond donors (Lipinski definition) is 1. The number of nitrogens with zero attached hydrogens (tertiary/aromatic N) is 2. The molecule has 1 N–H and O–H groups in total. The fraction of sp³-hybridized carbons (Fsp3) is 0.545. The Kier molecular flexibility index (Phi) is 9.10. The Morgan fingerprint density at radius 1 is 0.844 bits per heavy atom. The lowest BCUT2D eigenvalue weighted by molar-refractivity contribution is -0.161. The van der Waals surface area contributed by atoms with Crippen LogP contribution < -0.4 is 15.0 Å². The number of carbonyl (C=O) groups excluding carboxylic acids is 5. The molecule has 244 valence electrons. The molecule has 0 radical (unpaired) electrons. The summed E-state index contributed by atoms with van der Waals surface area (Å²) in [5.41, 5.74) is -0.555. The van der Waals surface area contributed by atoms with E-state index >= 15 is 0 Å². The molecule has 12 heteroatoms. The van der Waals surface area contributed by atoms with Crippen LogP contribution in [0.5, 0.6) is 5.75 Å². The van der Waals surface area contributed by atoms with Gasteiger partial charge in [0.05, 0.1) is 6.04 Å². The Hall–Kier alpha value is -4.35. The highest BCUT2D eigenvalue weighted by Crippen LogP contribution is 2.39. The minimum atomic E-state index is -0.836. The lowest BCUT2D eigenvalue weighted by atomic mass is 9.83. The van der Waals surface area contributed by atoms with Crippen LogP contribution in [0.25, 0.3) is 0 Å². The van der Waals surface area contributed by atoms with Gasteiger partial charge in [-0.05, 0) is 117 Å². The molecule has 0 aliphatic carbocycles. The van der Waals surface area contributed by atoms with Crippen LogP contribution in [0.15, 0.2) is 47.2 Å². The molecule has 0 bridgehead atoms. The zero-order chi connectivity index (χ0) is 33.5. The summed E-state index contributed by atoms with van der Waals surface area (Å²) in [6.07, 6.45) is 1.42. The van der Waals surface area contributed by atoms with Crippen molar-refractivity contribution in [2.45, 2.75) is 110 Å². The summed E-state index contributed by atoms with van der Waals surface area (Å²) < 4.78 is 21.4. The van der Waals surface area contributed by atoms with Crippen molar-refractivity contribution in [3.05, 3.63) is 47.2 Å². The van der Waals surface area contributed by atoms with Crippen molar-refractivity contribution in [2.24, 2.45) is 0 Å². The molecular formula is C33H43N3O9. The second-order valence-electron chi connectivity index (χ2n) is 14.3. The molecule has 1 aromatic carbocycles. The Morgan fingerprint density at radius 3 is 2.02 bits per heavy atom. The molecule has 3 aliphatic rings. The maximum Gasteiger partial charge on any atom is 0.514 e. The fourth-order valence-electron chi connectivity index (χ4n) is 5.25. The Morgan fingerprint density at radius 2 is 1.44 bits per heavy atom. The van der Waals surface area contributed by atoms with E-state index < -0.39 is 53.0 Å². The van der Waals surface area contributed by atoms with Crippen LogP contribution >= 0.6 is 0 Å². The first-order chi connectivity index (χ1) is 20.7. The van der Waals surface area contributed by atoms with Crippen LogP contribution in [-0.2, 0) is 28.6 Å². The molecular weight excluding hydrogens is 582 g/mol. The number of β-lactam (4-membered cyclic amide) rings is 1. The standard InChI is InChI=1S/C33H43N3O9/c1-31(2,3)43-28(39)25-19(10-15-23-24(27(38)36(23)25)34-29(40)44-32(4,5)6)18-20-16-17-35(26(20)37)21-11-13-22(14-12-21)42-30(41)45-33(7,8)9/h11-14,18,23-24H,10,15-17H2,1-9H3,(H,34,40)/b20-18+/t23-,24+/m1/s1. The van der Waals surface area contributed by atoms with E-state index in [-0.39, 0.29) is 17.4 Å². The number of fused-ring (bicyclic) bond motifs is 1. The first-order valence-electron chi connectivity index (χ1n) is 15.0. The smallest absolute Gasteiger partial charge is 0.455 e. The van der Waals surface area contributed by atoms with E-state index in [0.29, 0.717) is 42.6 Å². The van der Waals surface area contributed by atoms with Gasteiger partial charge >= 0.3 is 18.2 Å². The van der Waals surface area contributed by atoms with Gasteiger partial charge in [-0.2, -0.15) is 0 Å². The molecule has 0 spiro atoms. The molecule has 3 heterocycles. The van der Waals surface area contributed by atoms with Crippen molar-refractivity contribution >= 4 is 35.7 Å². The number of ether oxygens (including phenoxy) is 4. The van der Waals surface area contributed by atoms with E-state index in [9.17, 15) is 24.0 Å². The van der Waals surface area contributed by atoms with E-state index in [1.807, 2.05) is 0 Å². The Labute approximate surface area is 263 Å². The largest absolute Gasteiger partial charge is 0.514 e. The summed E-state index contributed by atoms with van der Waals surface area (Å²) in [7, 11) is 0. The SMILES string of the molecule is CC(C)(C)OC(=O)N[C@@H]1C(=O)N2C(C(=O)OC(C)(C)C)=C(/C=C3\CCN(c4ccc(OC(=O)OC(C)(C)C)cc4)C3=O)CC[C@H]12. The number of alkyl carbamates (subject to hydrolysis) is 1. The van der Waals surface area contributed by atoms with E-state index in [2.05, 4.69) is 5.32 Å². The first kappa shape index (κ1) is 33.5. The van der Waals surface area contributed by atoms with Gasteiger partial charge in [0.25, 0.3) is 11.8 Å². The fourth-order valence-corrected chi connectivity index (χ4v) is 5.25. The summed E-state index contributed by atoms with van der Waals surface area (Å²) >= 11 is 0. The molecule has 2 saturated heterocycles. The van der Waals surface area contributed by atoms with E-state index in [1.54, 1.807) is 97.6 Å². The van der Waals surface area contributed by atoms with Gasteiger partial charge in [-0.3, -0.25) is 14.5 Å². The summed E-state index contributed by atoms with van der Waals surface area (Å²) in [4.78, 5) is 67.6. The van der Waals surface area contributed by atoms with Gasteiger partial charge in [-0.15, -0.1) is 0 Å². The maximum atomic E-state index is 13.5. The number of hydrogen-bond acceptors (Lipinski definition) is 9. The summed E-state index contributed by atoms with van der Waals surface area (Å²) in [6.45, 7) is 16.0. The molecule has 0 saturated carbocycles. The molecule has 1 aromatic rings. The quantitative estimate of drug-likeness (QED) is 0.154. The van der Waals surface area contributed by atoms with E-state index in [0.717, 1.165) is 0 Å². The lowest BCUT2D eigenvalue weighted by Gasteiger charge is -2.50. The number of amides is 3. The number of rotatable bonds is 5. The van der Waals surface area contributed by atoms with E-state index in [4.69, 9.17) is 18.9 Å². The summed E-state index contributed by atoms with van der Waals surface area (Å²) in [5, 5.41) is 2.63. The van der Waals surface area contributed by atoms with Gasteiger partial charge in [0, 0.05) is 17.8 Å². The van der Waals surface area contributed by atoms with Crippen molar-refractivity contribution < 1.29 is 42.9 Å². The van der Waals surface area contributed by atoms with Crippen molar-refractivity contribution in [3.8, 4) is 5.75 Å². The zero-order valence-corrected chi connectivity index (χ0v) is 27.4. The number of carbonyl (C=O) groups is 5. The van der Waals surface area contributed by atoms with Crippen LogP contribution in [0.4, 0.5) is 15.3 Å². The van der Waals surface area contributed by atoms with E-state index in [1.165, 1.54) is 4.90 Å². The van der Waals surface area contributed by atoms with Crippen LogP contribution in [0, 0.1) is 0 Å². The van der Waals surface area contributed by atoms with Crippen LogP contribution in [0.1, 0.15) is 81.6 Å². The zero-order valence-electron chi connectivity index (χ0n) is 27.4. The van der Waals surface area contributed by atoms with Crippen LogP contribution in [0.3, 0.4) is 0 Å². The Bertz CT molecular complexity index is 1440. The molecule has 0 aromatic heterocycles. The maximum absolute atomic E-state index is 13.5. The van der Waals surface area contributed by atoms with Gasteiger partial charge in [0.15, 0.2) is 0 Å². The Balaban J connectivity index is 1.54. The average molecular weight is 626 g/mol. The monoisotopic (exact) mass is 625 g/mol. The average Bonchev–Trinajstić information content (AvgIpc) is 3.24. The topological polar surface area (TPSA) is 141 Å². The van der Waals surface area contributed by atoms with Gasteiger partial charge in [-0.1, -0.05) is 0 Å². The normalized spacial score (nSPS) is 21.3. The number of nitrogens with one attached hydrogen (secondary N) is 1. The van der Waals surface area contributed by atoms with Crippen LogP contribution in [0.2, 0.25) is 0 Å². The van der Waals surface area contributed by atoms with Gasteiger partial charge in [0.1, 0.15) is 34.3 Å². The minimum Gasteiger partial charge on any atom is -0.455 e. The summed E-state index contributed by atoms with van der Waals surface area (Å²) in [5.74, 6) is -1.09. The predicted octanol–water partition coefficient (Wildman–Crippen LogP) is 5.16. The first-order valence-corrected chi connectivity index (χ1v) is 15.0. The van der Waals surface area contributed by atoms with Crippen LogP contribution in [-0.4, -0.2) is 70.4 Å². The molecule has 4 rings (SSSR count). The van der Waals surface area contributed by atoms with Gasteiger partial charge < -0.3 is 29.2 Å². The molecule has 0 unspecified atom stereocenters. The molecule has 2 fully saturated rings. The molecule has 2 atom stereocenters. The number of allylic oxidation sites excluding steroid dienone is 2. The van der Waals surface area contributed by atoms with Crippen molar-refractivity contribution in [2.75, 3.05) is 11.4 Å². The lowest BCUT2D eigenvalue weighted by Crippen LogP contribution is -2.72. The highest BCUT2D eigenvalue weighted by Gasteiger charge is 2.54. The number of esters is 1. The second kappa shape index (κ2) is 12.2. The molecule has 45 heavy (non-hydrogen) atoms. The highest BCUT2D eigenvalue weighted by molar-refractivity contribution is 6.09. The number of benzene rings is 1. The predicted molar refractivity (Wildman–Crippen MR) is 164 cm³/mol. The van der Waals surface area contributed by atoms with Crippen molar-refractivity contribution in [1.29, 1.82) is 0 Å². The van der Waals surface area contributed by atoms with Gasteiger partial charge in [0.2, 0.25) is 0 Å². The summed E-state index contributed by atoms with van der Waals surface area (Å²) in [6, 6.07) is 5.22. The molecule has 3 amide bonds. The second-order valence-corrected chi connectivity index (χ2v) is 14.3. The highest BCUT2D eigenvalue weighted by atomic mass is 16.7. The third kappa shape index (κ3) is 8.23. The molecule has 12 nitrogen and oxygen atoms in total. The van der Waals surface area contributed by atoms with Gasteiger partial charge in [-0.25, -0.2) is 14.4 Å². The van der Waals surface area contributed by atoms with Crippen molar-refractivity contribution in [1.82, 2.24) is 10.2 Å².